The second-order valence-electron chi connectivity index (χ2n) is 8.24. The molecular formula is C23H24N4O6S. The first-order chi connectivity index (χ1) is 16.2. The van der Waals surface area contributed by atoms with Gasteiger partial charge >= 0.3 is 12.0 Å². The fourth-order valence-electron chi connectivity index (χ4n) is 4.44. The predicted molar refractivity (Wildman–Crippen MR) is 124 cm³/mol. The number of aryl methyl sites for hydroxylation is 1. The Morgan fingerprint density at radius 2 is 1.94 bits per heavy atom. The summed E-state index contributed by atoms with van der Waals surface area (Å²) in [4.78, 5) is 63.8. The van der Waals surface area contributed by atoms with E-state index in [9.17, 15) is 24.0 Å². The lowest BCUT2D eigenvalue weighted by Gasteiger charge is -2.32. The minimum Gasteiger partial charge on any atom is -0.462 e. The van der Waals surface area contributed by atoms with Gasteiger partial charge in [0, 0.05) is 6.42 Å². The molecule has 1 aromatic carbocycles. The molecule has 11 heteroatoms. The van der Waals surface area contributed by atoms with Crippen molar-refractivity contribution in [3.05, 3.63) is 51.4 Å². The van der Waals surface area contributed by atoms with Crippen molar-refractivity contribution >= 4 is 46.1 Å². The van der Waals surface area contributed by atoms with Gasteiger partial charge in [-0.15, -0.1) is 11.3 Å². The molecule has 1 atom stereocenters. The molecule has 1 fully saturated rings. The summed E-state index contributed by atoms with van der Waals surface area (Å²) in [5.74, 6) is -2.62. The van der Waals surface area contributed by atoms with Crippen LogP contribution >= 0.6 is 11.3 Å². The number of fused-ring (bicyclic) bond motifs is 1. The number of esters is 1. The lowest BCUT2D eigenvalue weighted by Crippen LogP contribution is -2.51. The zero-order valence-electron chi connectivity index (χ0n) is 18.7. The van der Waals surface area contributed by atoms with E-state index >= 15 is 0 Å². The molecule has 10 nitrogen and oxygen atoms in total. The number of anilines is 1. The van der Waals surface area contributed by atoms with Crippen LogP contribution < -0.4 is 16.4 Å². The molecule has 34 heavy (non-hydrogen) atoms. The van der Waals surface area contributed by atoms with Crippen molar-refractivity contribution in [1.82, 2.24) is 10.2 Å². The highest BCUT2D eigenvalue weighted by Gasteiger charge is 2.52. The van der Waals surface area contributed by atoms with Crippen LogP contribution in [0.1, 0.15) is 50.1 Å². The summed E-state index contributed by atoms with van der Waals surface area (Å²) in [5, 5.41) is 5.39. The number of urea groups is 1. The van der Waals surface area contributed by atoms with E-state index in [-0.39, 0.29) is 22.0 Å². The number of thiophene rings is 1. The van der Waals surface area contributed by atoms with Crippen LogP contribution in [0.4, 0.5) is 9.80 Å². The number of hydrogen-bond donors (Lipinski definition) is 3. The lowest BCUT2D eigenvalue weighted by atomic mass is 9.78. The lowest BCUT2D eigenvalue weighted by molar-refractivity contribution is -0.134. The first-order valence-electron chi connectivity index (χ1n) is 10.8. The number of amides is 5. The first kappa shape index (κ1) is 23.4. The molecular weight excluding hydrogens is 460 g/mol. The largest absolute Gasteiger partial charge is 0.462 e. The number of ether oxygens (including phenoxy) is 1. The molecule has 0 radical (unpaired) electrons. The van der Waals surface area contributed by atoms with Crippen LogP contribution in [0.3, 0.4) is 0 Å². The van der Waals surface area contributed by atoms with E-state index in [2.05, 4.69) is 10.6 Å². The third kappa shape index (κ3) is 4.03. The minimum atomic E-state index is -1.08. The van der Waals surface area contributed by atoms with Crippen LogP contribution in [0.2, 0.25) is 0 Å². The molecule has 1 saturated heterocycles. The average Bonchev–Trinajstić information content (AvgIpc) is 3.22. The smallest absolute Gasteiger partial charge is 0.341 e. The van der Waals surface area contributed by atoms with Crippen molar-refractivity contribution in [3.8, 4) is 0 Å². The molecule has 1 aliphatic carbocycles. The maximum atomic E-state index is 13.2. The van der Waals surface area contributed by atoms with Crippen LogP contribution in [0, 0.1) is 6.92 Å². The molecule has 0 bridgehead atoms. The molecule has 2 aromatic rings. The minimum absolute atomic E-state index is 0.0200. The Morgan fingerprint density at radius 3 is 2.62 bits per heavy atom. The molecule has 4 N–H and O–H groups in total. The number of rotatable bonds is 6. The van der Waals surface area contributed by atoms with Crippen molar-refractivity contribution in [2.45, 2.75) is 38.6 Å². The van der Waals surface area contributed by atoms with Gasteiger partial charge in [-0.05, 0) is 43.4 Å². The average molecular weight is 485 g/mol. The van der Waals surface area contributed by atoms with Crippen LogP contribution in [0.15, 0.2) is 24.3 Å². The zero-order valence-corrected chi connectivity index (χ0v) is 19.5. The Hall–Kier alpha value is -3.73. The van der Waals surface area contributed by atoms with E-state index in [1.165, 1.54) is 6.92 Å². The van der Waals surface area contributed by atoms with Gasteiger partial charge in [-0.1, -0.05) is 24.3 Å². The molecule has 1 spiro atoms. The molecule has 2 aliphatic rings. The second-order valence-corrected chi connectivity index (χ2v) is 9.26. The fraction of sp³-hybridized carbons (Fsp3) is 0.348. The van der Waals surface area contributed by atoms with Gasteiger partial charge in [0.15, 0.2) is 0 Å². The molecule has 1 aromatic heterocycles. The first-order valence-corrected chi connectivity index (χ1v) is 11.6. The summed E-state index contributed by atoms with van der Waals surface area (Å²) in [6.07, 6.45) is 1.42. The summed E-state index contributed by atoms with van der Waals surface area (Å²) in [6, 6.07) is 7.10. The van der Waals surface area contributed by atoms with E-state index in [1.807, 2.05) is 24.3 Å². The van der Waals surface area contributed by atoms with Crippen molar-refractivity contribution in [2.75, 3.05) is 18.5 Å². The number of nitrogens with one attached hydrogen (secondary N) is 2. The van der Waals surface area contributed by atoms with Crippen LogP contribution in [0.5, 0.6) is 0 Å². The topological polar surface area (TPSA) is 148 Å². The Morgan fingerprint density at radius 1 is 1.24 bits per heavy atom. The van der Waals surface area contributed by atoms with E-state index in [4.69, 9.17) is 10.5 Å². The van der Waals surface area contributed by atoms with Gasteiger partial charge in [0.2, 0.25) is 5.91 Å². The number of nitrogens with two attached hydrogens (primary N) is 1. The van der Waals surface area contributed by atoms with Crippen molar-refractivity contribution < 1.29 is 28.7 Å². The number of carbonyl (C=O) groups is 5. The third-order valence-corrected chi connectivity index (χ3v) is 7.30. The Bertz CT molecular complexity index is 1220. The quantitative estimate of drug-likeness (QED) is 0.420. The molecule has 5 amide bonds. The summed E-state index contributed by atoms with van der Waals surface area (Å²) < 4.78 is 5.03. The van der Waals surface area contributed by atoms with Gasteiger partial charge in [-0.3, -0.25) is 19.3 Å². The number of carbonyl (C=O) groups excluding carboxylic acids is 5. The van der Waals surface area contributed by atoms with Gasteiger partial charge < -0.3 is 21.1 Å². The molecule has 2 heterocycles. The van der Waals surface area contributed by atoms with Gasteiger partial charge in [0.25, 0.3) is 11.8 Å². The van der Waals surface area contributed by atoms with E-state index in [0.717, 1.165) is 27.4 Å². The number of primary amides is 1. The van der Waals surface area contributed by atoms with Gasteiger partial charge in [-0.2, -0.15) is 0 Å². The van der Waals surface area contributed by atoms with Crippen LogP contribution in [-0.2, 0) is 27.2 Å². The number of imide groups is 1. The molecule has 1 aliphatic heterocycles. The second kappa shape index (κ2) is 8.90. The highest BCUT2D eigenvalue weighted by atomic mass is 32.1. The number of nitrogens with zero attached hydrogens (tertiary/aromatic N) is 1. The Kier molecular flexibility index (Phi) is 6.13. The predicted octanol–water partition coefficient (Wildman–Crippen LogP) is 1.75. The van der Waals surface area contributed by atoms with E-state index < -0.39 is 41.8 Å². The number of hydrogen-bond acceptors (Lipinski definition) is 7. The monoisotopic (exact) mass is 484 g/mol. The maximum Gasteiger partial charge on any atom is 0.341 e. The van der Waals surface area contributed by atoms with E-state index in [0.29, 0.717) is 24.8 Å². The zero-order chi connectivity index (χ0) is 24.6. The van der Waals surface area contributed by atoms with Crippen molar-refractivity contribution in [1.29, 1.82) is 0 Å². The molecule has 4 rings (SSSR count). The van der Waals surface area contributed by atoms with Crippen LogP contribution in [-0.4, -0.2) is 53.3 Å². The Balaban J connectivity index is 1.52. The highest BCUT2D eigenvalue weighted by molar-refractivity contribution is 7.18. The normalized spacial score (nSPS) is 19.1. The summed E-state index contributed by atoms with van der Waals surface area (Å²) in [5.41, 5.74) is 6.74. The van der Waals surface area contributed by atoms with Crippen molar-refractivity contribution in [2.24, 2.45) is 5.73 Å². The third-order valence-electron chi connectivity index (χ3n) is 6.08. The van der Waals surface area contributed by atoms with Gasteiger partial charge in [-0.25, -0.2) is 9.59 Å². The molecule has 0 saturated carbocycles. The fourth-order valence-corrected chi connectivity index (χ4v) is 5.50. The van der Waals surface area contributed by atoms with E-state index in [1.54, 1.807) is 6.92 Å². The summed E-state index contributed by atoms with van der Waals surface area (Å²) in [7, 11) is 0. The standard InChI is InChI=1S/C23H24N4O6S/c1-3-33-20(30)16-12(2)17(18(24)29)34-19(16)25-15(28)11-27-21(31)23(26-22(27)32)9-8-13-6-4-5-7-14(13)10-23/h4-7H,3,8-11H2,1-2H3,(H2,24,29)(H,25,28)(H,26,32). The van der Waals surface area contributed by atoms with Crippen LogP contribution in [0.25, 0.3) is 0 Å². The summed E-state index contributed by atoms with van der Waals surface area (Å²) in [6.45, 7) is 2.71. The maximum absolute atomic E-state index is 13.2. The van der Waals surface area contributed by atoms with Gasteiger partial charge in [0.05, 0.1) is 17.0 Å². The summed E-state index contributed by atoms with van der Waals surface area (Å²) >= 11 is 0.839. The SMILES string of the molecule is CCOC(=O)c1c(NC(=O)CN2C(=O)NC3(CCc4ccccc4C3)C2=O)sc(C(N)=O)c1C. The number of benzene rings is 1. The molecule has 178 valence electrons. The molecule has 1 unspecified atom stereocenters. The Labute approximate surface area is 199 Å². The van der Waals surface area contributed by atoms with Gasteiger partial charge in [0.1, 0.15) is 17.1 Å². The van der Waals surface area contributed by atoms with Crippen molar-refractivity contribution in [3.63, 3.8) is 0 Å². The highest BCUT2D eigenvalue weighted by Crippen LogP contribution is 2.35.